The summed E-state index contributed by atoms with van der Waals surface area (Å²) in [6.45, 7) is 0. The van der Waals surface area contributed by atoms with Gasteiger partial charge in [-0.25, -0.2) is 0 Å². The van der Waals surface area contributed by atoms with Crippen molar-refractivity contribution in [3.63, 3.8) is 0 Å². The van der Waals surface area contributed by atoms with Crippen LogP contribution in [0.2, 0.25) is 0 Å². The molecule has 0 heterocycles. The molecule has 0 spiro atoms. The van der Waals surface area contributed by atoms with E-state index in [1.165, 1.54) is 0 Å². The molecule has 0 amide bonds. The minimum Gasteiger partial charge on any atom is -0.488 e. The van der Waals surface area contributed by atoms with E-state index in [1.807, 2.05) is 30.3 Å². The van der Waals surface area contributed by atoms with Crippen LogP contribution in [-0.2, 0) is 0 Å². The number of benzene rings is 1. The number of aliphatic hydroxyl groups excluding tert-OH is 2. The van der Waals surface area contributed by atoms with Gasteiger partial charge >= 0.3 is 0 Å². The molecule has 1 aromatic carbocycles. The average molecular weight is 209 g/mol. The summed E-state index contributed by atoms with van der Waals surface area (Å²) in [6, 6.07) is 8.80. The highest BCUT2D eigenvalue weighted by molar-refractivity contribution is 5.21. The van der Waals surface area contributed by atoms with Crippen LogP contribution in [0.4, 0.5) is 0 Å². The molecule has 0 aromatic heterocycles. The lowest BCUT2D eigenvalue weighted by molar-refractivity contribution is -0.0115. The van der Waals surface area contributed by atoms with Crippen molar-refractivity contribution in [2.24, 2.45) is 5.73 Å². The predicted molar refractivity (Wildman–Crippen MR) is 55.5 cm³/mol. The topological polar surface area (TPSA) is 75.7 Å². The van der Waals surface area contributed by atoms with Gasteiger partial charge in [0.1, 0.15) is 18.0 Å². The lowest BCUT2D eigenvalue weighted by atomic mass is 10.2. The molecule has 1 fully saturated rings. The third-order valence-corrected chi connectivity index (χ3v) is 2.70. The van der Waals surface area contributed by atoms with Crippen LogP contribution < -0.4 is 10.5 Å². The van der Waals surface area contributed by atoms with Crippen LogP contribution in [0.25, 0.3) is 0 Å². The van der Waals surface area contributed by atoms with Gasteiger partial charge in [0.2, 0.25) is 0 Å². The Bertz CT molecular complexity index is 317. The highest BCUT2D eigenvalue weighted by Crippen LogP contribution is 2.24. The van der Waals surface area contributed by atoms with Crippen LogP contribution in [-0.4, -0.2) is 34.6 Å². The Balaban J connectivity index is 2.02. The number of hydrogen-bond acceptors (Lipinski definition) is 4. The summed E-state index contributed by atoms with van der Waals surface area (Å²) in [7, 11) is 0. The van der Waals surface area contributed by atoms with E-state index in [0.29, 0.717) is 12.2 Å². The van der Waals surface area contributed by atoms with Crippen LogP contribution in [0.3, 0.4) is 0 Å². The lowest BCUT2D eigenvalue weighted by Gasteiger charge is -2.18. The maximum atomic E-state index is 9.63. The van der Waals surface area contributed by atoms with Gasteiger partial charge in [0.15, 0.2) is 0 Å². The summed E-state index contributed by atoms with van der Waals surface area (Å²) in [4.78, 5) is 0. The van der Waals surface area contributed by atoms with E-state index in [9.17, 15) is 10.2 Å². The molecule has 0 radical (unpaired) electrons. The van der Waals surface area contributed by atoms with Gasteiger partial charge in [-0.15, -0.1) is 0 Å². The van der Waals surface area contributed by atoms with Crippen molar-refractivity contribution in [3.05, 3.63) is 30.3 Å². The molecule has 82 valence electrons. The number of hydrogen-bond donors (Lipinski definition) is 3. The van der Waals surface area contributed by atoms with Gasteiger partial charge in [0, 0.05) is 12.5 Å². The van der Waals surface area contributed by atoms with Gasteiger partial charge in [0.05, 0.1) is 6.10 Å². The van der Waals surface area contributed by atoms with Gasteiger partial charge in [-0.2, -0.15) is 0 Å². The monoisotopic (exact) mass is 209 g/mol. The Labute approximate surface area is 88.3 Å². The van der Waals surface area contributed by atoms with E-state index in [0.717, 1.165) is 0 Å². The van der Waals surface area contributed by atoms with E-state index in [2.05, 4.69) is 0 Å². The molecule has 4 heteroatoms. The van der Waals surface area contributed by atoms with Crippen molar-refractivity contribution in [2.45, 2.75) is 30.8 Å². The smallest absolute Gasteiger partial charge is 0.129 e. The first kappa shape index (κ1) is 10.4. The Hall–Kier alpha value is -1.10. The zero-order chi connectivity index (χ0) is 10.8. The van der Waals surface area contributed by atoms with Crippen molar-refractivity contribution in [3.8, 4) is 5.75 Å². The van der Waals surface area contributed by atoms with Crippen LogP contribution in [0, 0.1) is 0 Å². The van der Waals surface area contributed by atoms with Gasteiger partial charge < -0.3 is 20.7 Å². The quantitative estimate of drug-likeness (QED) is 0.635. The SMILES string of the molecule is N[C@@H]1C[C@@H](Oc2ccccc2)[C@H](O)[C@H]1O. The van der Waals surface area contributed by atoms with Crippen molar-refractivity contribution in [1.29, 1.82) is 0 Å². The normalized spacial score (nSPS) is 35.4. The second-order valence-corrected chi connectivity index (χ2v) is 3.85. The summed E-state index contributed by atoms with van der Waals surface area (Å²) in [5.41, 5.74) is 5.62. The zero-order valence-electron chi connectivity index (χ0n) is 8.28. The first-order valence-electron chi connectivity index (χ1n) is 5.02. The predicted octanol–water partition coefficient (Wildman–Crippen LogP) is -0.113. The summed E-state index contributed by atoms with van der Waals surface area (Å²) < 4.78 is 5.54. The van der Waals surface area contributed by atoms with Crippen molar-refractivity contribution in [2.75, 3.05) is 0 Å². The molecule has 0 unspecified atom stereocenters. The summed E-state index contributed by atoms with van der Waals surface area (Å²) >= 11 is 0. The molecule has 0 saturated heterocycles. The van der Waals surface area contributed by atoms with Gasteiger partial charge in [-0.05, 0) is 12.1 Å². The average Bonchev–Trinajstić information content (AvgIpc) is 2.48. The van der Waals surface area contributed by atoms with Gasteiger partial charge in [-0.3, -0.25) is 0 Å². The zero-order valence-corrected chi connectivity index (χ0v) is 8.28. The number of aliphatic hydroxyl groups is 2. The van der Waals surface area contributed by atoms with Gasteiger partial charge in [0.25, 0.3) is 0 Å². The Kier molecular flexibility index (Phi) is 2.90. The second-order valence-electron chi connectivity index (χ2n) is 3.85. The first-order chi connectivity index (χ1) is 7.18. The van der Waals surface area contributed by atoms with E-state index in [-0.39, 0.29) is 0 Å². The molecule has 15 heavy (non-hydrogen) atoms. The minimum atomic E-state index is -0.903. The molecule has 1 saturated carbocycles. The van der Waals surface area contributed by atoms with Gasteiger partial charge in [-0.1, -0.05) is 18.2 Å². The largest absolute Gasteiger partial charge is 0.488 e. The Morgan fingerprint density at radius 2 is 1.80 bits per heavy atom. The minimum absolute atomic E-state index is 0.409. The molecular weight excluding hydrogens is 194 g/mol. The third kappa shape index (κ3) is 2.12. The highest BCUT2D eigenvalue weighted by atomic mass is 16.5. The lowest BCUT2D eigenvalue weighted by Crippen LogP contribution is -2.37. The van der Waals surface area contributed by atoms with E-state index >= 15 is 0 Å². The fourth-order valence-electron chi connectivity index (χ4n) is 1.81. The molecule has 4 N–H and O–H groups in total. The molecule has 4 atom stereocenters. The molecule has 1 aromatic rings. The molecule has 1 aliphatic carbocycles. The second kappa shape index (κ2) is 4.18. The third-order valence-electron chi connectivity index (χ3n) is 2.70. The molecule has 0 bridgehead atoms. The fraction of sp³-hybridized carbons (Fsp3) is 0.455. The van der Waals surface area contributed by atoms with Crippen LogP contribution in [0.5, 0.6) is 5.75 Å². The summed E-state index contributed by atoms with van der Waals surface area (Å²) in [5, 5.41) is 19.1. The Morgan fingerprint density at radius 1 is 1.13 bits per heavy atom. The molecule has 4 nitrogen and oxygen atoms in total. The number of ether oxygens (including phenoxy) is 1. The first-order valence-corrected chi connectivity index (χ1v) is 5.02. The maximum absolute atomic E-state index is 9.63. The Morgan fingerprint density at radius 3 is 2.33 bits per heavy atom. The maximum Gasteiger partial charge on any atom is 0.129 e. The number of nitrogens with two attached hydrogens (primary N) is 1. The van der Waals surface area contributed by atoms with Crippen LogP contribution in [0.1, 0.15) is 6.42 Å². The van der Waals surface area contributed by atoms with Crippen LogP contribution in [0.15, 0.2) is 30.3 Å². The highest BCUT2D eigenvalue weighted by Gasteiger charge is 2.40. The molecule has 2 rings (SSSR count). The fourth-order valence-corrected chi connectivity index (χ4v) is 1.81. The molecular formula is C11H15NO3. The van der Waals surface area contributed by atoms with E-state index < -0.39 is 24.4 Å². The molecule has 0 aliphatic heterocycles. The van der Waals surface area contributed by atoms with Crippen LogP contribution >= 0.6 is 0 Å². The standard InChI is InChI=1S/C11H15NO3/c12-8-6-9(11(14)10(8)13)15-7-4-2-1-3-5-7/h1-5,8-11,13-14H,6,12H2/t8-,9-,10+,11+/m1/s1. The van der Waals surface area contributed by atoms with Crippen molar-refractivity contribution >= 4 is 0 Å². The van der Waals surface area contributed by atoms with E-state index in [1.54, 1.807) is 0 Å². The summed E-state index contributed by atoms with van der Waals surface area (Å²) in [6.07, 6.45) is -1.74. The molecule has 1 aliphatic rings. The summed E-state index contributed by atoms with van der Waals surface area (Å²) in [5.74, 6) is 0.683. The number of rotatable bonds is 2. The van der Waals surface area contributed by atoms with E-state index in [4.69, 9.17) is 10.5 Å². The van der Waals surface area contributed by atoms with Crippen molar-refractivity contribution < 1.29 is 14.9 Å². The number of para-hydroxylation sites is 1. The van der Waals surface area contributed by atoms with Crippen molar-refractivity contribution in [1.82, 2.24) is 0 Å².